The van der Waals surface area contributed by atoms with Crippen LogP contribution in [0.1, 0.15) is 22.8 Å². The van der Waals surface area contributed by atoms with Crippen LogP contribution in [0.15, 0.2) is 39.2 Å². The van der Waals surface area contributed by atoms with Gasteiger partial charge in [0.05, 0.1) is 13.0 Å². The van der Waals surface area contributed by atoms with Crippen LogP contribution in [0.2, 0.25) is 0 Å². The summed E-state index contributed by atoms with van der Waals surface area (Å²) in [5.41, 5.74) is 3.14. The van der Waals surface area contributed by atoms with Crippen molar-refractivity contribution in [3.63, 3.8) is 0 Å². The smallest absolute Gasteiger partial charge is 0.227 e. The number of H-pyrrole nitrogens is 1. The predicted molar refractivity (Wildman–Crippen MR) is 94.4 cm³/mol. The molecule has 0 spiro atoms. The molecular formula is C18H19BrN2O2. The van der Waals surface area contributed by atoms with Crippen molar-refractivity contribution in [1.82, 2.24) is 9.88 Å². The molecule has 0 saturated heterocycles. The van der Waals surface area contributed by atoms with Gasteiger partial charge in [-0.15, -0.1) is 0 Å². The number of nitrogens with zero attached hydrogens (tertiary/aromatic N) is 1. The zero-order valence-electron chi connectivity index (χ0n) is 13.4. The van der Waals surface area contributed by atoms with E-state index in [2.05, 4.69) is 27.0 Å². The Balaban J connectivity index is 1.79. The molecule has 3 rings (SSSR count). The van der Waals surface area contributed by atoms with Crippen LogP contribution in [-0.4, -0.2) is 22.8 Å². The molecule has 0 aliphatic heterocycles. The molecule has 4 nitrogen and oxygen atoms in total. The minimum Gasteiger partial charge on any atom is -0.464 e. The third kappa shape index (κ3) is 3.34. The maximum atomic E-state index is 12.6. The lowest BCUT2D eigenvalue weighted by atomic mass is 10.1. The van der Waals surface area contributed by atoms with Crippen LogP contribution >= 0.6 is 15.9 Å². The Bertz CT molecular complexity index is 863. The molecule has 0 fully saturated rings. The number of aromatic amines is 1. The van der Waals surface area contributed by atoms with Crippen molar-refractivity contribution in [2.45, 2.75) is 26.8 Å². The second-order valence-electron chi connectivity index (χ2n) is 5.86. The molecule has 2 heterocycles. The van der Waals surface area contributed by atoms with E-state index in [1.807, 2.05) is 38.1 Å². The summed E-state index contributed by atoms with van der Waals surface area (Å²) >= 11 is 3.50. The van der Waals surface area contributed by atoms with Gasteiger partial charge >= 0.3 is 0 Å². The van der Waals surface area contributed by atoms with E-state index in [-0.39, 0.29) is 5.91 Å². The zero-order chi connectivity index (χ0) is 16.6. The van der Waals surface area contributed by atoms with Crippen LogP contribution in [-0.2, 0) is 17.8 Å². The summed E-state index contributed by atoms with van der Waals surface area (Å²) in [5.74, 6) is 1.73. The highest BCUT2D eigenvalue weighted by atomic mass is 79.9. The molecule has 0 aliphatic rings. The molecule has 0 radical (unpaired) electrons. The van der Waals surface area contributed by atoms with Crippen molar-refractivity contribution in [3.05, 3.63) is 57.6 Å². The maximum absolute atomic E-state index is 12.6. The quantitative estimate of drug-likeness (QED) is 0.738. The highest BCUT2D eigenvalue weighted by Gasteiger charge is 2.16. The van der Waals surface area contributed by atoms with Gasteiger partial charge in [0.25, 0.3) is 0 Å². The van der Waals surface area contributed by atoms with E-state index in [0.29, 0.717) is 13.0 Å². The number of carbonyl (C=O) groups is 1. The maximum Gasteiger partial charge on any atom is 0.227 e. The number of hydrogen-bond donors (Lipinski definition) is 1. The van der Waals surface area contributed by atoms with Gasteiger partial charge in [0.15, 0.2) is 0 Å². The Morgan fingerprint density at radius 3 is 2.74 bits per heavy atom. The topological polar surface area (TPSA) is 49.2 Å². The van der Waals surface area contributed by atoms with Crippen LogP contribution in [0, 0.1) is 13.8 Å². The van der Waals surface area contributed by atoms with Gasteiger partial charge in [0.2, 0.25) is 5.91 Å². The van der Waals surface area contributed by atoms with Gasteiger partial charge in [0, 0.05) is 28.1 Å². The highest BCUT2D eigenvalue weighted by molar-refractivity contribution is 9.10. The fourth-order valence-electron chi connectivity index (χ4n) is 2.76. The van der Waals surface area contributed by atoms with E-state index in [1.165, 1.54) is 0 Å². The summed E-state index contributed by atoms with van der Waals surface area (Å²) in [6, 6.07) is 9.89. The number of hydrogen-bond acceptors (Lipinski definition) is 2. The Morgan fingerprint density at radius 1 is 1.26 bits per heavy atom. The van der Waals surface area contributed by atoms with Gasteiger partial charge in [-0.1, -0.05) is 15.9 Å². The molecule has 5 heteroatoms. The average molecular weight is 375 g/mol. The first-order valence-electron chi connectivity index (χ1n) is 7.50. The molecule has 0 saturated carbocycles. The summed E-state index contributed by atoms with van der Waals surface area (Å²) < 4.78 is 6.55. The number of benzene rings is 1. The normalized spacial score (nSPS) is 11.1. The molecule has 2 aromatic heterocycles. The lowest BCUT2D eigenvalue weighted by Gasteiger charge is -2.16. The lowest BCUT2D eigenvalue weighted by Crippen LogP contribution is -2.27. The summed E-state index contributed by atoms with van der Waals surface area (Å²) in [4.78, 5) is 17.6. The van der Waals surface area contributed by atoms with Crippen molar-refractivity contribution < 1.29 is 9.21 Å². The average Bonchev–Trinajstić information content (AvgIpc) is 3.03. The van der Waals surface area contributed by atoms with Crippen LogP contribution in [0.5, 0.6) is 0 Å². The molecule has 0 bridgehead atoms. The van der Waals surface area contributed by atoms with Crippen molar-refractivity contribution in [2.24, 2.45) is 0 Å². The molecule has 3 aromatic rings. The number of aromatic nitrogens is 1. The number of fused-ring (bicyclic) bond motifs is 1. The molecule has 0 atom stereocenters. The van der Waals surface area contributed by atoms with Gasteiger partial charge < -0.3 is 14.3 Å². The van der Waals surface area contributed by atoms with Crippen LogP contribution < -0.4 is 0 Å². The minimum absolute atomic E-state index is 0.0722. The first kappa shape index (κ1) is 15.9. The summed E-state index contributed by atoms with van der Waals surface area (Å²) in [5, 5.41) is 1.09. The Labute approximate surface area is 143 Å². The number of furan rings is 1. The minimum atomic E-state index is 0.0722. The largest absolute Gasteiger partial charge is 0.464 e. The van der Waals surface area contributed by atoms with Crippen molar-refractivity contribution in [1.29, 1.82) is 0 Å². The first-order valence-corrected chi connectivity index (χ1v) is 8.29. The van der Waals surface area contributed by atoms with Crippen molar-refractivity contribution >= 4 is 32.7 Å². The molecule has 23 heavy (non-hydrogen) atoms. The van der Waals surface area contributed by atoms with E-state index >= 15 is 0 Å². The van der Waals surface area contributed by atoms with E-state index in [0.717, 1.165) is 38.2 Å². The molecule has 1 amide bonds. The molecule has 120 valence electrons. The van der Waals surface area contributed by atoms with E-state index < -0.39 is 0 Å². The first-order chi connectivity index (χ1) is 10.9. The third-order valence-corrected chi connectivity index (χ3v) is 4.52. The third-order valence-electron chi connectivity index (χ3n) is 4.02. The highest BCUT2D eigenvalue weighted by Crippen LogP contribution is 2.26. The summed E-state index contributed by atoms with van der Waals surface area (Å²) in [6.45, 7) is 4.39. The van der Waals surface area contributed by atoms with E-state index in [1.54, 1.807) is 11.9 Å². The van der Waals surface area contributed by atoms with Gasteiger partial charge in [-0.3, -0.25) is 4.79 Å². The van der Waals surface area contributed by atoms with Crippen molar-refractivity contribution in [2.75, 3.05) is 7.05 Å². The van der Waals surface area contributed by atoms with Gasteiger partial charge in [-0.25, -0.2) is 0 Å². The number of amides is 1. The molecule has 0 unspecified atom stereocenters. The van der Waals surface area contributed by atoms with E-state index in [4.69, 9.17) is 4.42 Å². The van der Waals surface area contributed by atoms with Crippen LogP contribution in [0.25, 0.3) is 10.9 Å². The number of likely N-dealkylation sites (N-methyl/N-ethyl adjacent to an activating group) is 1. The fraction of sp³-hybridized carbons (Fsp3) is 0.278. The second kappa shape index (κ2) is 6.24. The number of aryl methyl sites for hydroxylation is 2. The Kier molecular flexibility index (Phi) is 4.31. The summed E-state index contributed by atoms with van der Waals surface area (Å²) in [7, 11) is 1.81. The van der Waals surface area contributed by atoms with Gasteiger partial charge in [0.1, 0.15) is 11.5 Å². The number of halogens is 1. The predicted octanol–water partition coefficient (Wildman–Crippen LogP) is 4.34. The van der Waals surface area contributed by atoms with Crippen LogP contribution in [0.4, 0.5) is 0 Å². The Hall–Kier alpha value is -2.01. The second-order valence-corrected chi connectivity index (χ2v) is 6.77. The molecular weight excluding hydrogens is 356 g/mol. The number of carbonyl (C=O) groups excluding carboxylic acids is 1. The Morgan fingerprint density at radius 2 is 2.04 bits per heavy atom. The van der Waals surface area contributed by atoms with Crippen molar-refractivity contribution in [3.8, 4) is 0 Å². The SMILES string of the molecule is Cc1ccc(CN(C)C(=O)Cc2c(C)[nH]c3ccc(Br)cc23)o1. The molecule has 1 N–H and O–H groups in total. The molecule has 1 aromatic carbocycles. The van der Waals surface area contributed by atoms with E-state index in [9.17, 15) is 4.79 Å². The standard InChI is InChI=1S/C18H19BrN2O2/c1-11-4-6-14(23-11)10-21(3)18(22)9-15-12(2)20-17-7-5-13(19)8-16(15)17/h4-8,20H,9-10H2,1-3H3. The monoisotopic (exact) mass is 374 g/mol. The number of nitrogens with one attached hydrogen (secondary N) is 1. The van der Waals surface area contributed by atoms with Gasteiger partial charge in [-0.05, 0) is 49.7 Å². The molecule has 0 aliphatic carbocycles. The number of rotatable bonds is 4. The fourth-order valence-corrected chi connectivity index (χ4v) is 3.12. The van der Waals surface area contributed by atoms with Gasteiger partial charge in [-0.2, -0.15) is 0 Å². The van der Waals surface area contributed by atoms with Crippen LogP contribution in [0.3, 0.4) is 0 Å². The zero-order valence-corrected chi connectivity index (χ0v) is 15.0. The summed E-state index contributed by atoms with van der Waals surface area (Å²) in [6.07, 6.45) is 0.373. The lowest BCUT2D eigenvalue weighted by molar-refractivity contribution is -0.129.